The Morgan fingerprint density at radius 3 is 0.810 bits per heavy atom. The first-order valence-electron chi connectivity index (χ1n) is 34.1. The lowest BCUT2D eigenvalue weighted by atomic mass is 10.0. The van der Waals surface area contributed by atoms with Gasteiger partial charge in [-0.05, 0) is 31.6 Å². The van der Waals surface area contributed by atoms with Crippen LogP contribution >= 0.6 is 15.6 Å². The Labute approximate surface area is 511 Å². The first-order chi connectivity index (χ1) is 40.5. The normalized spacial score (nSPS) is 14.2. The fraction of sp³-hybridized carbons (Fsp3) is 0.938. The molecule has 0 amide bonds. The second kappa shape index (κ2) is 58.7. The van der Waals surface area contributed by atoms with Crippen molar-refractivity contribution in [1.82, 2.24) is 0 Å². The topological polar surface area (TPSA) is 237 Å². The van der Waals surface area contributed by atoms with Gasteiger partial charge in [0.2, 0.25) is 0 Å². The Morgan fingerprint density at radius 2 is 0.548 bits per heavy atom. The van der Waals surface area contributed by atoms with Crippen LogP contribution in [0.3, 0.4) is 0 Å². The lowest BCUT2D eigenvalue weighted by Crippen LogP contribution is -2.30. The van der Waals surface area contributed by atoms with Crippen molar-refractivity contribution in [2.75, 3.05) is 39.6 Å². The maximum Gasteiger partial charge on any atom is 0.472 e. The van der Waals surface area contributed by atoms with Crippen molar-refractivity contribution in [3.63, 3.8) is 0 Å². The molecule has 19 heteroatoms. The van der Waals surface area contributed by atoms with Crippen LogP contribution in [0.5, 0.6) is 0 Å². The highest BCUT2D eigenvalue weighted by Gasteiger charge is 2.30. The number of esters is 4. The molecule has 0 rings (SSSR count). The van der Waals surface area contributed by atoms with Crippen LogP contribution in [0.1, 0.15) is 330 Å². The van der Waals surface area contributed by atoms with Gasteiger partial charge in [-0.3, -0.25) is 37.3 Å². The van der Waals surface area contributed by atoms with Gasteiger partial charge in [0.05, 0.1) is 26.4 Å². The summed E-state index contributed by atoms with van der Waals surface area (Å²) in [4.78, 5) is 72.0. The van der Waals surface area contributed by atoms with Gasteiger partial charge in [-0.25, -0.2) is 9.13 Å². The molecule has 2 unspecified atom stereocenters. The molecule has 0 aromatic carbocycles. The minimum Gasteiger partial charge on any atom is -0.462 e. The van der Waals surface area contributed by atoms with Crippen molar-refractivity contribution < 1.29 is 80.2 Å². The molecule has 0 saturated carbocycles. The predicted octanol–water partition coefficient (Wildman–Crippen LogP) is 18.2. The van der Waals surface area contributed by atoms with Crippen LogP contribution in [0.2, 0.25) is 0 Å². The fourth-order valence-corrected chi connectivity index (χ4v) is 11.3. The van der Waals surface area contributed by atoms with Crippen molar-refractivity contribution in [3.8, 4) is 0 Å². The molecule has 0 aromatic rings. The summed E-state index contributed by atoms with van der Waals surface area (Å²) in [5, 5.41) is 10.5. The van der Waals surface area contributed by atoms with Crippen molar-refractivity contribution >= 4 is 39.5 Å². The van der Waals surface area contributed by atoms with E-state index in [1.807, 2.05) is 0 Å². The van der Waals surface area contributed by atoms with Crippen LogP contribution in [0.4, 0.5) is 0 Å². The van der Waals surface area contributed by atoms with E-state index in [0.717, 1.165) is 109 Å². The lowest BCUT2D eigenvalue weighted by molar-refractivity contribution is -0.161. The van der Waals surface area contributed by atoms with Crippen molar-refractivity contribution in [2.45, 2.75) is 348 Å². The highest BCUT2D eigenvalue weighted by molar-refractivity contribution is 7.47. The number of ether oxygens (including phenoxy) is 4. The summed E-state index contributed by atoms with van der Waals surface area (Å²) in [6.45, 7) is 7.06. The van der Waals surface area contributed by atoms with E-state index in [0.29, 0.717) is 31.6 Å². The minimum atomic E-state index is -4.94. The number of aliphatic hydroxyl groups excluding tert-OH is 1. The summed E-state index contributed by atoms with van der Waals surface area (Å²) in [7, 11) is -9.88. The average Bonchev–Trinajstić information content (AvgIpc) is 3.61. The zero-order valence-electron chi connectivity index (χ0n) is 54.0. The maximum atomic E-state index is 13.0. The second-order valence-corrected chi connectivity index (χ2v) is 26.9. The van der Waals surface area contributed by atoms with Crippen LogP contribution in [0, 0.1) is 5.92 Å². The van der Waals surface area contributed by atoms with E-state index in [1.54, 1.807) is 0 Å². The highest BCUT2D eigenvalue weighted by atomic mass is 31.2. The molecule has 0 fully saturated rings. The predicted molar refractivity (Wildman–Crippen MR) is 335 cm³/mol. The number of carbonyl (C=O) groups is 4. The molecule has 17 nitrogen and oxygen atoms in total. The van der Waals surface area contributed by atoms with Gasteiger partial charge in [-0.2, -0.15) is 0 Å². The summed E-state index contributed by atoms with van der Waals surface area (Å²) in [5.74, 6) is -1.46. The number of hydrogen-bond acceptors (Lipinski definition) is 15. The van der Waals surface area contributed by atoms with Gasteiger partial charge in [-0.15, -0.1) is 0 Å². The van der Waals surface area contributed by atoms with Gasteiger partial charge in [0.15, 0.2) is 12.2 Å². The van der Waals surface area contributed by atoms with Crippen molar-refractivity contribution in [3.05, 3.63) is 0 Å². The number of hydrogen-bond donors (Lipinski definition) is 3. The third kappa shape index (κ3) is 59.0. The van der Waals surface area contributed by atoms with E-state index in [-0.39, 0.29) is 25.7 Å². The molecule has 0 aliphatic heterocycles. The first kappa shape index (κ1) is 82.1. The quantitative estimate of drug-likeness (QED) is 0.0222. The molecule has 0 saturated heterocycles. The van der Waals surface area contributed by atoms with Crippen molar-refractivity contribution in [2.24, 2.45) is 5.92 Å². The molecule has 5 atom stereocenters. The zero-order valence-corrected chi connectivity index (χ0v) is 55.8. The van der Waals surface area contributed by atoms with Gasteiger partial charge in [0.1, 0.15) is 19.3 Å². The summed E-state index contributed by atoms with van der Waals surface area (Å²) in [5.41, 5.74) is 0. The Morgan fingerprint density at radius 1 is 0.321 bits per heavy atom. The number of phosphoric ester groups is 2. The van der Waals surface area contributed by atoms with E-state index in [2.05, 4.69) is 34.6 Å². The molecule has 0 bridgehead atoms. The standard InChI is InChI=1S/C65H126O17P2/c1-6-9-12-15-18-20-21-22-23-24-25-26-27-28-29-31-34-41-46-51-65(70)82-61(55-76-63(68)49-44-39-36-35-37-42-47-58(4)5)57-80-84(73,74)78-53-59(66)52-77-83(71,72)79-56-60(54-75-62(67)48-43-38-32-17-14-11-8-3)81-64(69)50-45-40-33-30-19-16-13-10-7-2/h58-61,66H,6-57H2,1-5H3,(H,71,72)(H,73,74)/t59-,60+,61+/m0/s1. The number of aliphatic hydroxyl groups is 1. The third-order valence-corrected chi connectivity index (χ3v) is 16.9. The first-order valence-corrected chi connectivity index (χ1v) is 37.1. The van der Waals surface area contributed by atoms with Crippen LogP contribution in [-0.2, 0) is 65.4 Å². The number of rotatable bonds is 65. The second-order valence-electron chi connectivity index (χ2n) is 24.0. The van der Waals surface area contributed by atoms with Crippen LogP contribution in [-0.4, -0.2) is 96.7 Å². The molecule has 0 heterocycles. The van der Waals surface area contributed by atoms with E-state index in [1.165, 1.54) is 135 Å². The largest absolute Gasteiger partial charge is 0.472 e. The summed E-state index contributed by atoms with van der Waals surface area (Å²) < 4.78 is 67.9. The molecule has 0 aliphatic carbocycles. The Hall–Kier alpha value is -1.94. The smallest absolute Gasteiger partial charge is 0.462 e. The molecular formula is C65H126O17P2. The van der Waals surface area contributed by atoms with Gasteiger partial charge >= 0.3 is 39.5 Å². The molecular weight excluding hydrogens is 1110 g/mol. The van der Waals surface area contributed by atoms with Gasteiger partial charge in [-0.1, -0.05) is 279 Å². The number of phosphoric acid groups is 2. The van der Waals surface area contributed by atoms with Gasteiger partial charge in [0, 0.05) is 25.7 Å². The SMILES string of the molecule is CCCCCCCCCCCCCCCCCCCCCC(=O)O[C@H](COC(=O)CCCCCCCCC(C)C)COP(=O)(O)OC[C@@H](O)COP(=O)(O)OC[C@@H](COC(=O)CCCCCCCCC)OC(=O)CCCCCCCCCCC. The summed E-state index contributed by atoms with van der Waals surface area (Å²) >= 11 is 0. The minimum absolute atomic E-state index is 0.105. The van der Waals surface area contributed by atoms with E-state index in [4.69, 9.17) is 37.0 Å². The van der Waals surface area contributed by atoms with Crippen LogP contribution in [0.25, 0.3) is 0 Å². The number of unbranched alkanes of at least 4 members (excludes halogenated alkanes) is 37. The summed E-state index contributed by atoms with van der Waals surface area (Å²) in [6, 6.07) is 0. The molecule has 0 radical (unpaired) electrons. The van der Waals surface area contributed by atoms with E-state index < -0.39 is 97.5 Å². The third-order valence-electron chi connectivity index (χ3n) is 15.0. The fourth-order valence-electron chi connectivity index (χ4n) is 9.76. The van der Waals surface area contributed by atoms with Crippen LogP contribution in [0.15, 0.2) is 0 Å². The monoisotopic (exact) mass is 1240 g/mol. The van der Waals surface area contributed by atoms with Gasteiger partial charge < -0.3 is 33.8 Å². The Bertz CT molecular complexity index is 1640. The Balaban J connectivity index is 5.12. The van der Waals surface area contributed by atoms with Gasteiger partial charge in [0.25, 0.3) is 0 Å². The van der Waals surface area contributed by atoms with E-state index >= 15 is 0 Å². The molecule has 3 N–H and O–H groups in total. The molecule has 0 spiro atoms. The molecule has 0 aliphatic rings. The lowest BCUT2D eigenvalue weighted by Gasteiger charge is -2.21. The number of carbonyl (C=O) groups excluding carboxylic acids is 4. The highest BCUT2D eigenvalue weighted by Crippen LogP contribution is 2.45. The van der Waals surface area contributed by atoms with Crippen LogP contribution < -0.4 is 0 Å². The average molecular weight is 1240 g/mol. The summed E-state index contributed by atoms with van der Waals surface area (Å²) in [6.07, 6.45) is 43.5. The van der Waals surface area contributed by atoms with E-state index in [9.17, 15) is 43.2 Å². The zero-order chi connectivity index (χ0) is 62.0. The Kier molecular flexibility index (Phi) is 57.4. The maximum absolute atomic E-state index is 13.0. The molecule has 0 aromatic heterocycles. The molecule has 84 heavy (non-hydrogen) atoms. The van der Waals surface area contributed by atoms with Crippen molar-refractivity contribution in [1.29, 1.82) is 0 Å². The molecule has 498 valence electrons.